The Kier molecular flexibility index (Phi) is 5.81. The molecule has 2 heterocycles. The van der Waals surface area contributed by atoms with Gasteiger partial charge in [-0.15, -0.1) is 0 Å². The summed E-state index contributed by atoms with van der Waals surface area (Å²) in [6.45, 7) is 0.189. The lowest BCUT2D eigenvalue weighted by molar-refractivity contribution is -0.127. The summed E-state index contributed by atoms with van der Waals surface area (Å²) in [7, 11) is -2.56. The summed E-state index contributed by atoms with van der Waals surface area (Å²) in [6, 6.07) is 20.6. The molecule has 0 bridgehead atoms. The molecule has 1 N–H and O–H groups in total. The minimum atomic E-state index is -4.10. The topological polar surface area (TPSA) is 111 Å². The Bertz CT molecular complexity index is 1560. The van der Waals surface area contributed by atoms with Gasteiger partial charge in [-0.2, -0.15) is 0 Å². The van der Waals surface area contributed by atoms with Crippen LogP contribution >= 0.6 is 0 Å². The molecular weight excluding hydrogens is 470 g/mol. The molecule has 4 aromatic rings. The third-order valence-electron chi connectivity index (χ3n) is 5.93. The third-order valence-corrected chi connectivity index (χ3v) is 7.71. The van der Waals surface area contributed by atoms with E-state index in [0.717, 1.165) is 9.87 Å². The maximum atomic E-state index is 13.7. The lowest BCUT2D eigenvalue weighted by Crippen LogP contribution is -2.51. The van der Waals surface area contributed by atoms with Crippen LogP contribution in [0.4, 0.5) is 5.69 Å². The summed E-state index contributed by atoms with van der Waals surface area (Å²) in [6.07, 6.45) is -0.394. The van der Waals surface area contributed by atoms with Gasteiger partial charge in [0, 0.05) is 19.7 Å². The van der Waals surface area contributed by atoms with E-state index in [-0.39, 0.29) is 22.8 Å². The summed E-state index contributed by atoms with van der Waals surface area (Å²) in [5, 5.41) is 2.84. The van der Waals surface area contributed by atoms with Crippen LogP contribution in [0.5, 0.6) is 5.75 Å². The smallest absolute Gasteiger partial charge is 0.419 e. The first-order valence-corrected chi connectivity index (χ1v) is 12.5. The minimum Gasteiger partial charge on any atom is -0.476 e. The number of carbonyl (C=O) groups excluding carboxylic acids is 1. The SMILES string of the molecule is Cn1c(=O)oc2cc(S(=O)(=O)N3CC(C(=O)NCCc4ccccc4)Oc4ccccc43)ccc21. The normalized spacial score (nSPS) is 15.5. The van der Waals surface area contributed by atoms with Gasteiger partial charge in [-0.25, -0.2) is 13.2 Å². The van der Waals surface area contributed by atoms with Crippen molar-refractivity contribution in [2.45, 2.75) is 17.4 Å². The highest BCUT2D eigenvalue weighted by Gasteiger charge is 2.37. The average molecular weight is 494 g/mol. The van der Waals surface area contributed by atoms with Crippen LogP contribution in [0.2, 0.25) is 0 Å². The van der Waals surface area contributed by atoms with Gasteiger partial charge in [0.2, 0.25) is 0 Å². The van der Waals surface area contributed by atoms with Gasteiger partial charge in [0.15, 0.2) is 11.7 Å². The number of nitrogens with zero attached hydrogens (tertiary/aromatic N) is 2. The van der Waals surface area contributed by atoms with Crippen LogP contribution < -0.4 is 20.1 Å². The Hall–Kier alpha value is -4.05. The number of aryl methyl sites for hydroxylation is 1. The lowest BCUT2D eigenvalue weighted by Gasteiger charge is -2.34. The van der Waals surface area contributed by atoms with Crippen LogP contribution in [0, 0.1) is 0 Å². The molecule has 35 heavy (non-hydrogen) atoms. The van der Waals surface area contributed by atoms with Gasteiger partial charge in [0.05, 0.1) is 22.6 Å². The third kappa shape index (κ3) is 4.28. The molecule has 0 aliphatic carbocycles. The molecule has 3 aromatic carbocycles. The highest BCUT2D eigenvalue weighted by molar-refractivity contribution is 7.92. The molecule has 1 aromatic heterocycles. The van der Waals surface area contributed by atoms with E-state index in [1.54, 1.807) is 31.3 Å². The van der Waals surface area contributed by atoms with Crippen LogP contribution in [-0.4, -0.2) is 38.1 Å². The number of carbonyl (C=O) groups is 1. The van der Waals surface area contributed by atoms with Gasteiger partial charge in [-0.05, 0) is 36.2 Å². The summed E-state index contributed by atoms with van der Waals surface area (Å²) in [5.41, 5.74) is 2.05. The van der Waals surface area contributed by atoms with Gasteiger partial charge in [-0.3, -0.25) is 13.7 Å². The first-order chi connectivity index (χ1) is 16.8. The standard InChI is InChI=1S/C25H23N3O6S/c1-27-19-12-11-18(15-22(19)34-25(27)30)35(31,32)28-16-23(33-21-10-6-5-9-20(21)28)24(29)26-14-13-17-7-3-2-4-8-17/h2-12,15,23H,13-14,16H2,1H3,(H,26,29). The van der Waals surface area contributed by atoms with Crippen LogP contribution in [0.25, 0.3) is 11.1 Å². The molecule has 10 heteroatoms. The van der Waals surface area contributed by atoms with E-state index in [9.17, 15) is 18.0 Å². The van der Waals surface area contributed by atoms with E-state index in [0.29, 0.717) is 24.2 Å². The van der Waals surface area contributed by atoms with E-state index >= 15 is 0 Å². The summed E-state index contributed by atoms with van der Waals surface area (Å²) >= 11 is 0. The van der Waals surface area contributed by atoms with Crippen molar-refractivity contribution in [2.24, 2.45) is 7.05 Å². The van der Waals surface area contributed by atoms with E-state index in [1.807, 2.05) is 30.3 Å². The van der Waals surface area contributed by atoms with Crippen molar-refractivity contribution >= 4 is 32.7 Å². The van der Waals surface area contributed by atoms with E-state index in [4.69, 9.17) is 9.15 Å². The lowest BCUT2D eigenvalue weighted by atomic mass is 10.1. The van der Waals surface area contributed by atoms with Gasteiger partial charge in [0.1, 0.15) is 5.75 Å². The molecule has 1 aliphatic rings. The number of hydrogen-bond donors (Lipinski definition) is 1. The van der Waals surface area contributed by atoms with Gasteiger partial charge < -0.3 is 14.5 Å². The molecule has 180 valence electrons. The summed E-state index contributed by atoms with van der Waals surface area (Å²) in [4.78, 5) is 24.7. The summed E-state index contributed by atoms with van der Waals surface area (Å²) in [5.74, 6) is -0.698. The van der Waals surface area contributed by atoms with Gasteiger partial charge in [-0.1, -0.05) is 42.5 Å². The second-order valence-corrected chi connectivity index (χ2v) is 10.1. The van der Waals surface area contributed by atoms with Crippen molar-refractivity contribution in [3.8, 4) is 5.75 Å². The molecule has 9 nitrogen and oxygen atoms in total. The number of anilines is 1. The number of rotatable bonds is 6. The zero-order valence-corrected chi connectivity index (χ0v) is 19.7. The van der Waals surface area contributed by atoms with E-state index in [1.165, 1.54) is 22.8 Å². The first-order valence-electron chi connectivity index (χ1n) is 11.0. The highest BCUT2D eigenvalue weighted by atomic mass is 32.2. The Morgan fingerprint density at radius 2 is 1.80 bits per heavy atom. The molecule has 0 saturated heterocycles. The first kappa shape index (κ1) is 22.7. The molecule has 1 unspecified atom stereocenters. The van der Waals surface area contributed by atoms with Crippen molar-refractivity contribution < 1.29 is 22.4 Å². The largest absolute Gasteiger partial charge is 0.476 e. The number of fused-ring (bicyclic) bond motifs is 2. The van der Waals surface area contributed by atoms with E-state index in [2.05, 4.69) is 5.32 Å². The number of ether oxygens (including phenoxy) is 1. The van der Waals surface area contributed by atoms with Crippen molar-refractivity contribution in [3.05, 3.63) is 88.9 Å². The van der Waals surface area contributed by atoms with Gasteiger partial charge in [0.25, 0.3) is 15.9 Å². The molecule has 0 saturated carbocycles. The van der Waals surface area contributed by atoms with Crippen molar-refractivity contribution in [3.63, 3.8) is 0 Å². The second kappa shape index (κ2) is 8.95. The van der Waals surface area contributed by atoms with E-state index < -0.39 is 27.8 Å². The molecule has 0 fully saturated rings. The fourth-order valence-corrected chi connectivity index (χ4v) is 5.55. The van der Waals surface area contributed by atoms with Crippen LogP contribution in [-0.2, 0) is 28.3 Å². The zero-order chi connectivity index (χ0) is 24.6. The molecular formula is C25H23N3O6S. The predicted molar refractivity (Wildman–Crippen MR) is 130 cm³/mol. The monoisotopic (exact) mass is 493 g/mol. The molecule has 1 atom stereocenters. The average Bonchev–Trinajstić information content (AvgIpc) is 3.16. The van der Waals surface area contributed by atoms with Crippen molar-refractivity contribution in [2.75, 3.05) is 17.4 Å². The fraction of sp³-hybridized carbons (Fsp3) is 0.200. The van der Waals surface area contributed by atoms with Crippen LogP contribution in [0.1, 0.15) is 5.56 Å². The highest BCUT2D eigenvalue weighted by Crippen LogP contribution is 2.37. The van der Waals surface area contributed by atoms with Crippen molar-refractivity contribution in [1.82, 2.24) is 9.88 Å². The number of amides is 1. The Labute approximate surface area is 201 Å². The number of hydrogen-bond acceptors (Lipinski definition) is 6. The molecule has 0 radical (unpaired) electrons. The fourth-order valence-electron chi connectivity index (χ4n) is 4.06. The molecule has 1 aliphatic heterocycles. The zero-order valence-electron chi connectivity index (χ0n) is 18.9. The summed E-state index contributed by atoms with van der Waals surface area (Å²) < 4.78 is 40.8. The maximum absolute atomic E-state index is 13.7. The number of benzene rings is 3. The quantitative estimate of drug-likeness (QED) is 0.442. The molecule has 0 spiro atoms. The van der Waals surface area contributed by atoms with Crippen molar-refractivity contribution in [1.29, 1.82) is 0 Å². The maximum Gasteiger partial charge on any atom is 0.419 e. The number of aromatic nitrogens is 1. The Balaban J connectivity index is 1.41. The molecule has 5 rings (SSSR count). The number of oxazole rings is 1. The van der Waals surface area contributed by atoms with Crippen LogP contribution in [0.3, 0.4) is 0 Å². The van der Waals surface area contributed by atoms with Gasteiger partial charge >= 0.3 is 5.76 Å². The Morgan fingerprint density at radius 1 is 1.06 bits per heavy atom. The number of para-hydroxylation sites is 2. The molecule has 1 amide bonds. The number of nitrogens with one attached hydrogen (secondary N) is 1. The number of sulfonamides is 1. The minimum absolute atomic E-state index is 0.0562. The predicted octanol–water partition coefficient (Wildman–Crippen LogP) is 2.45. The van der Waals surface area contributed by atoms with Crippen LogP contribution in [0.15, 0.2) is 86.9 Å². The second-order valence-electron chi connectivity index (χ2n) is 8.19. The Morgan fingerprint density at radius 3 is 2.60 bits per heavy atom.